The Kier molecular flexibility index (Phi) is 3.86. The zero-order valence-electron chi connectivity index (χ0n) is 16.1. The molecule has 1 heterocycles. The molecular weight excluding hydrogens is 360 g/mol. The van der Waals surface area contributed by atoms with E-state index in [9.17, 15) is 14.4 Å². The lowest BCUT2D eigenvalue weighted by atomic mass is 9.85. The molecule has 6 heteroatoms. The van der Waals surface area contributed by atoms with Gasteiger partial charge in [-0.15, -0.1) is 0 Å². The predicted octanol–water partition coefficient (Wildman–Crippen LogP) is 3.57. The first kappa shape index (κ1) is 18.2. The summed E-state index contributed by atoms with van der Waals surface area (Å²) in [6.45, 7) is 6.50. The minimum absolute atomic E-state index is 0.215. The molecule has 0 saturated heterocycles. The maximum absolute atomic E-state index is 13.6. The Morgan fingerprint density at radius 1 is 0.964 bits per heavy atom. The van der Waals surface area contributed by atoms with E-state index in [1.54, 1.807) is 36.4 Å². The number of hydrogen-bond acceptors (Lipinski definition) is 6. The molecule has 28 heavy (non-hydrogen) atoms. The van der Waals surface area contributed by atoms with Crippen LogP contribution in [-0.2, 0) is 30.5 Å². The standard InChI is InChI=1S/C22H20O6/c1-12(2)15-9-10-18-19(11-15)28-22(27-14(4)24)17-8-6-5-7-16(17)20(25)21(18,22)26-13(3)23/h5-12H,1-4H3. The molecule has 0 radical (unpaired) electrons. The van der Waals surface area contributed by atoms with Crippen molar-refractivity contribution in [1.82, 2.24) is 0 Å². The van der Waals surface area contributed by atoms with Gasteiger partial charge in [0.25, 0.3) is 5.60 Å². The highest BCUT2D eigenvalue weighted by atomic mass is 16.8. The van der Waals surface area contributed by atoms with Gasteiger partial charge in [0.05, 0.1) is 11.1 Å². The van der Waals surface area contributed by atoms with Crippen LogP contribution in [0, 0.1) is 0 Å². The lowest BCUT2D eigenvalue weighted by Crippen LogP contribution is -2.53. The second-order valence-corrected chi connectivity index (χ2v) is 7.37. The van der Waals surface area contributed by atoms with Crippen molar-refractivity contribution >= 4 is 17.7 Å². The van der Waals surface area contributed by atoms with Crippen molar-refractivity contribution < 1.29 is 28.6 Å². The van der Waals surface area contributed by atoms with E-state index in [1.807, 2.05) is 19.9 Å². The van der Waals surface area contributed by atoms with Crippen LogP contribution in [0.4, 0.5) is 0 Å². The van der Waals surface area contributed by atoms with E-state index in [0.29, 0.717) is 22.4 Å². The van der Waals surface area contributed by atoms with Crippen LogP contribution in [0.15, 0.2) is 42.5 Å². The van der Waals surface area contributed by atoms with Gasteiger partial charge in [-0.05, 0) is 17.5 Å². The van der Waals surface area contributed by atoms with Gasteiger partial charge in [-0.2, -0.15) is 0 Å². The number of hydrogen-bond donors (Lipinski definition) is 0. The van der Waals surface area contributed by atoms with Crippen molar-refractivity contribution in [3.05, 3.63) is 64.7 Å². The normalized spacial score (nSPS) is 24.2. The summed E-state index contributed by atoms with van der Waals surface area (Å²) in [4.78, 5) is 37.7. The molecule has 0 bridgehead atoms. The Labute approximate surface area is 162 Å². The second kappa shape index (κ2) is 5.92. The molecule has 4 rings (SSSR count). The fourth-order valence-corrected chi connectivity index (χ4v) is 4.09. The summed E-state index contributed by atoms with van der Waals surface area (Å²) >= 11 is 0. The first-order valence-corrected chi connectivity index (χ1v) is 9.10. The molecule has 2 unspecified atom stereocenters. The van der Waals surface area contributed by atoms with E-state index in [-0.39, 0.29) is 5.92 Å². The number of rotatable bonds is 3. The highest BCUT2D eigenvalue weighted by Crippen LogP contribution is 2.62. The fraction of sp³-hybridized carbons (Fsp3) is 0.318. The van der Waals surface area contributed by atoms with Crippen LogP contribution in [0.25, 0.3) is 0 Å². The molecule has 2 aromatic rings. The fourth-order valence-electron chi connectivity index (χ4n) is 4.09. The van der Waals surface area contributed by atoms with E-state index in [0.717, 1.165) is 5.56 Å². The molecule has 2 aromatic carbocycles. The molecule has 0 fully saturated rings. The summed E-state index contributed by atoms with van der Waals surface area (Å²) in [5.74, 6) is -3.13. The number of carbonyl (C=O) groups is 3. The van der Waals surface area contributed by atoms with Gasteiger partial charge in [-0.25, -0.2) is 0 Å². The molecule has 0 saturated carbocycles. The molecule has 2 atom stereocenters. The Morgan fingerprint density at radius 3 is 2.29 bits per heavy atom. The van der Waals surface area contributed by atoms with Crippen molar-refractivity contribution in [3.63, 3.8) is 0 Å². The summed E-state index contributed by atoms with van der Waals surface area (Å²) < 4.78 is 17.5. The Balaban J connectivity index is 2.06. The van der Waals surface area contributed by atoms with Crippen molar-refractivity contribution in [2.45, 2.75) is 45.0 Å². The van der Waals surface area contributed by atoms with Gasteiger partial charge in [0.1, 0.15) is 5.75 Å². The first-order chi connectivity index (χ1) is 13.2. The number of Topliss-reactive ketones (excluding diaryl/α,β-unsaturated/α-hetero) is 1. The van der Waals surface area contributed by atoms with E-state index >= 15 is 0 Å². The molecule has 0 amide bonds. The minimum atomic E-state index is -1.92. The molecule has 0 spiro atoms. The van der Waals surface area contributed by atoms with Gasteiger partial charge in [0, 0.05) is 19.4 Å². The third-order valence-electron chi connectivity index (χ3n) is 5.20. The molecule has 1 aliphatic heterocycles. The summed E-state index contributed by atoms with van der Waals surface area (Å²) in [7, 11) is 0. The average Bonchev–Trinajstić information content (AvgIpc) is 2.99. The zero-order chi connectivity index (χ0) is 20.3. The summed E-state index contributed by atoms with van der Waals surface area (Å²) in [5.41, 5.74) is 0.0891. The number of ether oxygens (including phenoxy) is 3. The van der Waals surface area contributed by atoms with Crippen LogP contribution >= 0.6 is 0 Å². The van der Waals surface area contributed by atoms with Gasteiger partial charge in [0.15, 0.2) is 0 Å². The lowest BCUT2D eigenvalue weighted by Gasteiger charge is -2.35. The first-order valence-electron chi connectivity index (χ1n) is 9.10. The predicted molar refractivity (Wildman–Crippen MR) is 98.8 cm³/mol. The van der Waals surface area contributed by atoms with Crippen LogP contribution in [0.2, 0.25) is 0 Å². The molecule has 0 aromatic heterocycles. The SMILES string of the molecule is CC(=O)OC12Oc3cc(C(C)C)ccc3C1(OC(C)=O)C(=O)c1ccccc12. The van der Waals surface area contributed by atoms with E-state index < -0.39 is 29.1 Å². The number of fused-ring (bicyclic) bond motifs is 5. The smallest absolute Gasteiger partial charge is 0.334 e. The molecular formula is C22H20O6. The third-order valence-corrected chi connectivity index (χ3v) is 5.20. The van der Waals surface area contributed by atoms with Crippen molar-refractivity contribution in [1.29, 1.82) is 0 Å². The molecule has 1 aliphatic carbocycles. The van der Waals surface area contributed by atoms with Crippen LogP contribution in [0.5, 0.6) is 5.75 Å². The van der Waals surface area contributed by atoms with Gasteiger partial charge in [-0.3, -0.25) is 14.4 Å². The van der Waals surface area contributed by atoms with E-state index in [4.69, 9.17) is 14.2 Å². The zero-order valence-corrected chi connectivity index (χ0v) is 16.1. The van der Waals surface area contributed by atoms with Crippen molar-refractivity contribution in [2.75, 3.05) is 0 Å². The van der Waals surface area contributed by atoms with E-state index in [2.05, 4.69) is 0 Å². The number of carbonyl (C=O) groups excluding carboxylic acids is 3. The lowest BCUT2D eigenvalue weighted by molar-refractivity contribution is -0.254. The van der Waals surface area contributed by atoms with Crippen molar-refractivity contribution in [2.24, 2.45) is 0 Å². The average molecular weight is 380 g/mol. The Hall–Kier alpha value is -3.15. The summed E-state index contributed by atoms with van der Waals surface area (Å²) in [6, 6.07) is 12.0. The van der Waals surface area contributed by atoms with Gasteiger partial charge in [-0.1, -0.05) is 50.2 Å². The van der Waals surface area contributed by atoms with Crippen LogP contribution in [0.1, 0.15) is 60.7 Å². The number of esters is 2. The maximum Gasteiger partial charge on any atom is 0.334 e. The van der Waals surface area contributed by atoms with Gasteiger partial charge in [0.2, 0.25) is 5.78 Å². The summed E-state index contributed by atoms with van der Waals surface area (Å²) in [5, 5.41) is 0. The molecule has 144 valence electrons. The van der Waals surface area contributed by atoms with Crippen LogP contribution in [-0.4, -0.2) is 17.7 Å². The van der Waals surface area contributed by atoms with Gasteiger partial charge >= 0.3 is 17.7 Å². The minimum Gasteiger partial charge on any atom is -0.444 e. The molecule has 0 N–H and O–H groups in total. The molecule has 6 nitrogen and oxygen atoms in total. The maximum atomic E-state index is 13.6. The van der Waals surface area contributed by atoms with Crippen LogP contribution < -0.4 is 4.74 Å². The van der Waals surface area contributed by atoms with E-state index in [1.165, 1.54) is 13.8 Å². The molecule has 2 aliphatic rings. The highest BCUT2D eigenvalue weighted by Gasteiger charge is 2.76. The largest absolute Gasteiger partial charge is 0.444 e. The quantitative estimate of drug-likeness (QED) is 0.758. The van der Waals surface area contributed by atoms with Crippen molar-refractivity contribution in [3.8, 4) is 5.75 Å². The monoisotopic (exact) mass is 380 g/mol. The number of benzene rings is 2. The Bertz CT molecular complexity index is 1020. The van der Waals surface area contributed by atoms with Crippen LogP contribution in [0.3, 0.4) is 0 Å². The number of ketones is 1. The third kappa shape index (κ3) is 2.17. The summed E-state index contributed by atoms with van der Waals surface area (Å²) in [6.07, 6.45) is 0. The highest BCUT2D eigenvalue weighted by molar-refractivity contribution is 6.11. The van der Waals surface area contributed by atoms with Gasteiger partial charge < -0.3 is 14.2 Å². The topological polar surface area (TPSA) is 78.9 Å². The Morgan fingerprint density at radius 2 is 1.64 bits per heavy atom. The second-order valence-electron chi connectivity index (χ2n) is 7.37.